The number of hydrogen-bond acceptors (Lipinski definition) is 2. The summed E-state index contributed by atoms with van der Waals surface area (Å²) in [5, 5.41) is 4.03. The highest BCUT2D eigenvalue weighted by atomic mass is 35.5. The molecule has 0 aromatic heterocycles. The molecule has 1 aromatic rings. The summed E-state index contributed by atoms with van der Waals surface area (Å²) >= 11 is 5.98. The molecule has 0 radical (unpaired) electrons. The second-order valence-electron chi connectivity index (χ2n) is 7.04. The first-order valence-corrected chi connectivity index (χ1v) is 8.74. The van der Waals surface area contributed by atoms with Crippen molar-refractivity contribution in [3.63, 3.8) is 0 Å². The molecule has 1 amide bonds. The first kappa shape index (κ1) is 15.8. The fraction of sp³-hybridized carbons (Fsp3) is 0.611. The van der Waals surface area contributed by atoms with E-state index in [1.54, 1.807) is 0 Å². The molecule has 3 N–H and O–H groups in total. The van der Waals surface area contributed by atoms with Gasteiger partial charge in [0.05, 0.1) is 6.04 Å². The van der Waals surface area contributed by atoms with Crippen molar-refractivity contribution in [2.24, 2.45) is 23.5 Å². The van der Waals surface area contributed by atoms with E-state index in [2.05, 4.69) is 12.2 Å². The average Bonchev–Trinajstić information content (AvgIpc) is 3.22. The van der Waals surface area contributed by atoms with Crippen molar-refractivity contribution in [1.82, 2.24) is 5.32 Å². The van der Waals surface area contributed by atoms with Crippen LogP contribution >= 0.6 is 11.6 Å². The Bertz CT molecular complexity index is 530. The third kappa shape index (κ3) is 3.64. The molecule has 0 spiro atoms. The molecular formula is C18H25ClN2O. The van der Waals surface area contributed by atoms with Crippen LogP contribution in [-0.4, -0.2) is 11.9 Å². The Morgan fingerprint density at radius 1 is 1.27 bits per heavy atom. The highest BCUT2D eigenvalue weighted by Gasteiger charge is 2.41. The van der Waals surface area contributed by atoms with Gasteiger partial charge in [0.15, 0.2) is 0 Å². The summed E-state index contributed by atoms with van der Waals surface area (Å²) in [5.41, 5.74) is 7.18. The lowest BCUT2D eigenvalue weighted by Gasteiger charge is -2.28. The molecule has 2 fully saturated rings. The molecule has 5 unspecified atom stereocenters. The molecule has 22 heavy (non-hydrogen) atoms. The molecule has 1 aromatic carbocycles. The van der Waals surface area contributed by atoms with Gasteiger partial charge < -0.3 is 11.1 Å². The van der Waals surface area contributed by atoms with Gasteiger partial charge in [-0.2, -0.15) is 0 Å². The van der Waals surface area contributed by atoms with E-state index in [0.717, 1.165) is 36.3 Å². The molecule has 2 saturated carbocycles. The molecule has 0 heterocycles. The standard InChI is InChI=1S/C18H25ClN2O/c1-11-9-16(11)17(12-5-7-14(19)8-6-12)21-18(22)13-3-2-4-15(20)10-13/h5-8,11,13,15-17H,2-4,9-10,20H2,1H3,(H,21,22). The van der Waals surface area contributed by atoms with Gasteiger partial charge >= 0.3 is 0 Å². The van der Waals surface area contributed by atoms with Crippen molar-refractivity contribution in [2.45, 2.75) is 51.1 Å². The second-order valence-corrected chi connectivity index (χ2v) is 7.47. The quantitative estimate of drug-likeness (QED) is 0.889. The molecule has 4 heteroatoms. The van der Waals surface area contributed by atoms with Crippen LogP contribution in [0.1, 0.15) is 50.6 Å². The normalized spacial score (nSPS) is 32.3. The predicted octanol–water partition coefficient (Wildman–Crippen LogP) is 3.67. The Morgan fingerprint density at radius 3 is 2.55 bits per heavy atom. The van der Waals surface area contributed by atoms with Crippen molar-refractivity contribution in [3.8, 4) is 0 Å². The van der Waals surface area contributed by atoms with Crippen LogP contribution in [0.15, 0.2) is 24.3 Å². The minimum atomic E-state index is 0.0765. The van der Waals surface area contributed by atoms with E-state index >= 15 is 0 Å². The average molecular weight is 321 g/mol. The third-order valence-corrected chi connectivity index (χ3v) is 5.46. The van der Waals surface area contributed by atoms with E-state index in [1.807, 2.05) is 24.3 Å². The Kier molecular flexibility index (Phi) is 4.74. The number of amides is 1. The number of rotatable bonds is 4. The summed E-state index contributed by atoms with van der Waals surface area (Å²) in [5.74, 6) is 1.47. The molecule has 3 nitrogen and oxygen atoms in total. The third-order valence-electron chi connectivity index (χ3n) is 5.21. The minimum Gasteiger partial charge on any atom is -0.349 e. The Balaban J connectivity index is 1.70. The van der Waals surface area contributed by atoms with Gasteiger partial charge in [-0.15, -0.1) is 0 Å². The van der Waals surface area contributed by atoms with Crippen LogP contribution in [0, 0.1) is 17.8 Å². The molecule has 0 aliphatic heterocycles. The number of carbonyl (C=O) groups excluding carboxylic acids is 1. The van der Waals surface area contributed by atoms with Gasteiger partial charge in [-0.1, -0.05) is 37.1 Å². The zero-order chi connectivity index (χ0) is 15.7. The van der Waals surface area contributed by atoms with Gasteiger partial charge in [-0.25, -0.2) is 0 Å². The van der Waals surface area contributed by atoms with Crippen LogP contribution in [0.4, 0.5) is 0 Å². The van der Waals surface area contributed by atoms with E-state index in [1.165, 1.54) is 6.42 Å². The number of nitrogens with two attached hydrogens (primary N) is 1. The van der Waals surface area contributed by atoms with Gasteiger partial charge in [0.25, 0.3) is 0 Å². The van der Waals surface area contributed by atoms with E-state index in [0.29, 0.717) is 11.8 Å². The molecule has 0 bridgehead atoms. The number of hydrogen-bond donors (Lipinski definition) is 2. The second kappa shape index (κ2) is 6.59. The van der Waals surface area contributed by atoms with Gasteiger partial charge in [-0.3, -0.25) is 4.79 Å². The van der Waals surface area contributed by atoms with E-state index in [-0.39, 0.29) is 23.9 Å². The van der Waals surface area contributed by atoms with E-state index in [4.69, 9.17) is 17.3 Å². The van der Waals surface area contributed by atoms with Crippen molar-refractivity contribution in [1.29, 1.82) is 0 Å². The van der Waals surface area contributed by atoms with Crippen LogP contribution < -0.4 is 11.1 Å². The molecule has 2 aliphatic carbocycles. The van der Waals surface area contributed by atoms with Crippen LogP contribution in [0.5, 0.6) is 0 Å². The molecule has 3 rings (SSSR count). The molecule has 5 atom stereocenters. The first-order valence-electron chi connectivity index (χ1n) is 8.36. The lowest BCUT2D eigenvalue weighted by molar-refractivity contribution is -0.127. The molecule has 0 saturated heterocycles. The van der Waals surface area contributed by atoms with Crippen LogP contribution in [-0.2, 0) is 4.79 Å². The zero-order valence-corrected chi connectivity index (χ0v) is 13.9. The molecule has 120 valence electrons. The van der Waals surface area contributed by atoms with Gasteiger partial charge in [-0.05, 0) is 55.2 Å². The number of carbonyl (C=O) groups is 1. The minimum absolute atomic E-state index is 0.0765. The van der Waals surface area contributed by atoms with E-state index < -0.39 is 0 Å². The van der Waals surface area contributed by atoms with E-state index in [9.17, 15) is 4.79 Å². The van der Waals surface area contributed by atoms with Crippen LogP contribution in [0.25, 0.3) is 0 Å². The smallest absolute Gasteiger partial charge is 0.223 e. The maximum atomic E-state index is 12.6. The van der Waals surface area contributed by atoms with Crippen molar-refractivity contribution in [3.05, 3.63) is 34.9 Å². The van der Waals surface area contributed by atoms with Gasteiger partial charge in [0.2, 0.25) is 5.91 Å². The largest absolute Gasteiger partial charge is 0.349 e. The first-order chi connectivity index (χ1) is 10.5. The Morgan fingerprint density at radius 2 is 1.95 bits per heavy atom. The van der Waals surface area contributed by atoms with Crippen LogP contribution in [0.2, 0.25) is 5.02 Å². The number of nitrogens with one attached hydrogen (secondary N) is 1. The maximum Gasteiger partial charge on any atom is 0.223 e. The summed E-state index contributed by atoms with van der Waals surface area (Å²) in [6.45, 7) is 2.25. The number of halogens is 1. The summed E-state index contributed by atoms with van der Waals surface area (Å²) in [4.78, 5) is 12.6. The summed E-state index contributed by atoms with van der Waals surface area (Å²) in [6, 6.07) is 8.16. The number of benzene rings is 1. The van der Waals surface area contributed by atoms with Crippen molar-refractivity contribution in [2.75, 3.05) is 0 Å². The lowest BCUT2D eigenvalue weighted by Crippen LogP contribution is -2.40. The topological polar surface area (TPSA) is 55.1 Å². The molecule has 2 aliphatic rings. The zero-order valence-electron chi connectivity index (χ0n) is 13.1. The van der Waals surface area contributed by atoms with Crippen molar-refractivity contribution >= 4 is 17.5 Å². The summed E-state index contributed by atoms with van der Waals surface area (Å²) in [7, 11) is 0. The van der Waals surface area contributed by atoms with Gasteiger partial charge in [0, 0.05) is 17.0 Å². The summed E-state index contributed by atoms with van der Waals surface area (Å²) in [6.07, 6.45) is 5.07. The Hall–Kier alpha value is -1.06. The van der Waals surface area contributed by atoms with Crippen LogP contribution in [0.3, 0.4) is 0 Å². The highest BCUT2D eigenvalue weighted by molar-refractivity contribution is 6.30. The van der Waals surface area contributed by atoms with Crippen molar-refractivity contribution < 1.29 is 4.79 Å². The molecular weight excluding hydrogens is 296 g/mol. The fourth-order valence-corrected chi connectivity index (χ4v) is 3.79. The monoisotopic (exact) mass is 320 g/mol. The Labute approximate surface area is 137 Å². The maximum absolute atomic E-state index is 12.6. The summed E-state index contributed by atoms with van der Waals surface area (Å²) < 4.78 is 0. The highest BCUT2D eigenvalue weighted by Crippen LogP contribution is 2.47. The predicted molar refractivity (Wildman–Crippen MR) is 89.5 cm³/mol. The lowest BCUT2D eigenvalue weighted by atomic mass is 9.85. The van der Waals surface area contributed by atoms with Gasteiger partial charge in [0.1, 0.15) is 0 Å². The SMILES string of the molecule is CC1CC1C(NC(=O)C1CCCC(N)C1)c1ccc(Cl)cc1. The fourth-order valence-electron chi connectivity index (χ4n) is 3.66.